The van der Waals surface area contributed by atoms with E-state index in [0.29, 0.717) is 12.3 Å². The van der Waals surface area contributed by atoms with Crippen molar-refractivity contribution < 1.29 is 19.5 Å². The zero-order valence-corrected chi connectivity index (χ0v) is 21.9. The quantitative estimate of drug-likeness (QED) is 0.616. The molecule has 5 atom stereocenters. The van der Waals surface area contributed by atoms with Crippen LogP contribution in [0.5, 0.6) is 0 Å². The molecule has 3 aliphatic rings. The fourth-order valence-corrected chi connectivity index (χ4v) is 5.62. The molecule has 1 aromatic heterocycles. The van der Waals surface area contributed by atoms with E-state index in [1.807, 2.05) is 64.2 Å². The number of nitrogens with one attached hydrogen (secondary N) is 1. The van der Waals surface area contributed by atoms with Crippen LogP contribution in [-0.2, 0) is 14.4 Å². The van der Waals surface area contributed by atoms with E-state index < -0.39 is 35.6 Å². The van der Waals surface area contributed by atoms with E-state index in [1.165, 1.54) is 4.90 Å². The predicted octanol–water partition coefficient (Wildman–Crippen LogP) is 2.01. The van der Waals surface area contributed by atoms with E-state index >= 15 is 0 Å². The van der Waals surface area contributed by atoms with Crippen molar-refractivity contribution in [3.8, 4) is 0 Å². The summed E-state index contributed by atoms with van der Waals surface area (Å²) in [5, 5.41) is 21.9. The second kappa shape index (κ2) is 9.55. The minimum absolute atomic E-state index is 0.0544. The zero-order chi connectivity index (χ0) is 26.5. The summed E-state index contributed by atoms with van der Waals surface area (Å²) in [6.45, 7) is 7.86. The number of β-amino-alcohol motifs (C(OH)–C–C–N with tert-alkyl or cyclic N) is 1. The highest BCUT2D eigenvalue weighted by molar-refractivity contribution is 6.02. The molecular formula is C27H36N6O4. The van der Waals surface area contributed by atoms with Crippen LogP contribution in [0, 0.1) is 5.41 Å². The maximum absolute atomic E-state index is 13.9. The van der Waals surface area contributed by atoms with Crippen LogP contribution in [0.15, 0.2) is 36.5 Å². The predicted molar refractivity (Wildman–Crippen MR) is 137 cm³/mol. The third kappa shape index (κ3) is 4.99. The lowest BCUT2D eigenvalue weighted by atomic mass is 9.85. The average Bonchev–Trinajstić information content (AvgIpc) is 3.34. The average molecular weight is 509 g/mol. The lowest BCUT2D eigenvalue weighted by molar-refractivity contribution is -0.144. The molecule has 5 rings (SSSR count). The molecule has 1 aromatic carbocycles. The number of benzene rings is 1. The van der Waals surface area contributed by atoms with Crippen LogP contribution in [0.25, 0.3) is 0 Å². The summed E-state index contributed by atoms with van der Waals surface area (Å²) in [6.07, 6.45) is 3.76. The summed E-state index contributed by atoms with van der Waals surface area (Å²) < 4.78 is 1.61. The van der Waals surface area contributed by atoms with E-state index in [9.17, 15) is 19.5 Å². The van der Waals surface area contributed by atoms with Gasteiger partial charge in [0.1, 0.15) is 18.1 Å². The number of aliphatic hydroxyl groups is 1. The molecule has 0 spiro atoms. The first kappa shape index (κ1) is 25.4. The Morgan fingerprint density at radius 1 is 1.14 bits per heavy atom. The molecule has 2 saturated heterocycles. The van der Waals surface area contributed by atoms with Crippen LogP contribution in [0.4, 0.5) is 5.69 Å². The number of aliphatic hydroxyl groups excluding tert-OH is 1. The first-order valence-corrected chi connectivity index (χ1v) is 13.1. The second-order valence-corrected chi connectivity index (χ2v) is 11.8. The summed E-state index contributed by atoms with van der Waals surface area (Å²) >= 11 is 0. The Kier molecular flexibility index (Phi) is 6.55. The minimum Gasteiger partial charge on any atom is -0.391 e. The van der Waals surface area contributed by atoms with Crippen LogP contribution in [-0.4, -0.2) is 73.5 Å². The molecular weight excluding hydrogens is 472 g/mol. The van der Waals surface area contributed by atoms with Gasteiger partial charge in [0, 0.05) is 36.8 Å². The number of carbonyl (C=O) groups excluding carboxylic acids is 3. The first-order chi connectivity index (χ1) is 17.5. The van der Waals surface area contributed by atoms with Crippen LogP contribution >= 0.6 is 0 Å². The number of para-hydroxylation sites is 1. The van der Waals surface area contributed by atoms with Crippen LogP contribution < -0.4 is 10.2 Å². The maximum atomic E-state index is 13.9. The molecule has 4 unspecified atom stereocenters. The van der Waals surface area contributed by atoms with Crippen LogP contribution in [0.2, 0.25) is 0 Å². The number of aromatic nitrogens is 3. The Bertz CT molecular complexity index is 1170. The summed E-state index contributed by atoms with van der Waals surface area (Å²) in [5.74, 6) is -0.478. The monoisotopic (exact) mass is 508 g/mol. The smallest absolute Gasteiger partial charge is 0.249 e. The number of carbonyl (C=O) groups is 3. The molecule has 198 valence electrons. The largest absolute Gasteiger partial charge is 0.391 e. The van der Waals surface area contributed by atoms with Crippen molar-refractivity contribution in [1.82, 2.24) is 25.2 Å². The van der Waals surface area contributed by atoms with Crippen molar-refractivity contribution in [2.45, 2.75) is 89.6 Å². The highest BCUT2D eigenvalue weighted by Crippen LogP contribution is 2.40. The number of hydrogen-bond acceptors (Lipinski definition) is 6. The van der Waals surface area contributed by atoms with Gasteiger partial charge < -0.3 is 20.2 Å². The number of anilines is 1. The maximum Gasteiger partial charge on any atom is 0.249 e. The summed E-state index contributed by atoms with van der Waals surface area (Å²) in [5.41, 5.74) is 1.17. The highest BCUT2D eigenvalue weighted by Gasteiger charge is 2.47. The number of amides is 3. The topological polar surface area (TPSA) is 121 Å². The molecule has 2 aliphatic heterocycles. The van der Waals surface area contributed by atoms with Gasteiger partial charge in [0.25, 0.3) is 0 Å². The molecule has 2 aromatic rings. The van der Waals surface area contributed by atoms with Gasteiger partial charge in [-0.2, -0.15) is 0 Å². The summed E-state index contributed by atoms with van der Waals surface area (Å²) in [6, 6.07) is 7.06. The molecule has 0 bridgehead atoms. The van der Waals surface area contributed by atoms with E-state index in [0.717, 1.165) is 24.2 Å². The molecule has 10 heteroatoms. The van der Waals surface area contributed by atoms with E-state index in [-0.39, 0.29) is 30.8 Å². The molecule has 0 radical (unpaired) electrons. The molecule has 3 fully saturated rings. The third-order valence-corrected chi connectivity index (χ3v) is 7.61. The van der Waals surface area contributed by atoms with Gasteiger partial charge in [-0.25, -0.2) is 4.68 Å². The Hall–Kier alpha value is -3.27. The molecule has 10 nitrogen and oxygen atoms in total. The van der Waals surface area contributed by atoms with Crippen molar-refractivity contribution >= 4 is 23.4 Å². The second-order valence-electron chi connectivity index (χ2n) is 11.8. The molecule has 37 heavy (non-hydrogen) atoms. The Balaban J connectivity index is 1.33. The van der Waals surface area contributed by atoms with Crippen molar-refractivity contribution in [2.24, 2.45) is 5.41 Å². The lowest BCUT2D eigenvalue weighted by Crippen LogP contribution is -2.53. The van der Waals surface area contributed by atoms with Gasteiger partial charge in [-0.1, -0.05) is 44.2 Å². The molecule has 1 aliphatic carbocycles. The van der Waals surface area contributed by atoms with Gasteiger partial charge in [-0.05, 0) is 43.7 Å². The third-order valence-electron chi connectivity index (χ3n) is 7.61. The molecule has 1 saturated carbocycles. The van der Waals surface area contributed by atoms with Gasteiger partial charge >= 0.3 is 0 Å². The van der Waals surface area contributed by atoms with Gasteiger partial charge in [0.2, 0.25) is 17.7 Å². The molecule has 3 amide bonds. The Morgan fingerprint density at radius 2 is 1.84 bits per heavy atom. The number of nitrogens with zero attached hydrogens (tertiary/aromatic N) is 5. The number of hydrogen-bond donors (Lipinski definition) is 2. The van der Waals surface area contributed by atoms with Gasteiger partial charge in [0.15, 0.2) is 0 Å². The van der Waals surface area contributed by atoms with Crippen LogP contribution in [0.3, 0.4) is 0 Å². The molecule has 2 N–H and O–H groups in total. The van der Waals surface area contributed by atoms with Gasteiger partial charge in [0.05, 0.1) is 11.8 Å². The van der Waals surface area contributed by atoms with Crippen molar-refractivity contribution in [3.05, 3.63) is 42.2 Å². The number of likely N-dealkylation sites (tertiary alicyclic amines) is 1. The van der Waals surface area contributed by atoms with Gasteiger partial charge in [-0.3, -0.25) is 14.4 Å². The molecule has 3 heterocycles. The van der Waals surface area contributed by atoms with Gasteiger partial charge in [-0.15, -0.1) is 5.10 Å². The summed E-state index contributed by atoms with van der Waals surface area (Å²) in [7, 11) is 0. The normalized spacial score (nSPS) is 27.0. The van der Waals surface area contributed by atoms with Crippen molar-refractivity contribution in [3.63, 3.8) is 0 Å². The van der Waals surface area contributed by atoms with E-state index in [2.05, 4.69) is 15.6 Å². The minimum atomic E-state index is -0.868. The van der Waals surface area contributed by atoms with Crippen LogP contribution in [0.1, 0.15) is 71.0 Å². The standard InChI is InChI=1S/C27H36N6O4/c1-16-12-20(25(36)33(16)18-8-6-5-7-9-18)28-24(35)22-13-19(34)14-31(22)26(37)23(27(2,3)4)32-15-21(29-30-32)17-10-11-17/h5-9,15-17,19-20,22-23,34H,10-14H2,1-4H3,(H,28,35)/t16?,19?,20?,22?,23-/m1/s1. The Morgan fingerprint density at radius 3 is 2.49 bits per heavy atom. The first-order valence-electron chi connectivity index (χ1n) is 13.1. The van der Waals surface area contributed by atoms with E-state index in [4.69, 9.17) is 0 Å². The zero-order valence-electron chi connectivity index (χ0n) is 21.9. The SMILES string of the molecule is CC1CC(NC(=O)C2CC(O)CN2C(=O)[C@@H](n2cc(C3CC3)nn2)C(C)(C)C)C(=O)N1c1ccccc1. The number of rotatable bonds is 6. The van der Waals surface area contributed by atoms with Crippen molar-refractivity contribution in [1.29, 1.82) is 0 Å². The van der Waals surface area contributed by atoms with E-state index in [1.54, 1.807) is 9.58 Å². The fraction of sp³-hybridized carbons (Fsp3) is 0.593. The Labute approximate surface area is 217 Å². The lowest BCUT2D eigenvalue weighted by Gasteiger charge is -2.34. The van der Waals surface area contributed by atoms with Crippen molar-refractivity contribution in [2.75, 3.05) is 11.4 Å². The highest BCUT2D eigenvalue weighted by atomic mass is 16.3. The fourth-order valence-electron chi connectivity index (χ4n) is 5.62. The summed E-state index contributed by atoms with van der Waals surface area (Å²) in [4.78, 5) is 43.7.